The minimum atomic E-state index is -0.299. The molecule has 0 spiro atoms. The standard InChI is InChI=1S/C19H20FN5OS/c1-13-6-8-24(9-7-13)17(26)11-27-19-16-10-23-25(18(16)21-12-22-19)15-4-2-14(20)3-5-15/h2-5,10,12-13H,6-9,11H2,1H3. The maximum Gasteiger partial charge on any atom is 0.232 e. The predicted molar refractivity (Wildman–Crippen MR) is 102 cm³/mol. The second kappa shape index (κ2) is 7.64. The van der Waals surface area contributed by atoms with E-state index in [-0.39, 0.29) is 11.7 Å². The third kappa shape index (κ3) is 3.80. The first kappa shape index (κ1) is 17.9. The maximum absolute atomic E-state index is 13.2. The minimum absolute atomic E-state index is 0.143. The molecule has 2 aromatic heterocycles. The zero-order valence-corrected chi connectivity index (χ0v) is 15.8. The van der Waals surface area contributed by atoms with Gasteiger partial charge in [-0.05, 0) is 43.0 Å². The second-order valence-corrected chi connectivity index (χ2v) is 7.76. The van der Waals surface area contributed by atoms with E-state index in [4.69, 9.17) is 0 Å². The number of nitrogens with zero attached hydrogens (tertiary/aromatic N) is 5. The van der Waals surface area contributed by atoms with Crippen molar-refractivity contribution in [2.75, 3.05) is 18.8 Å². The third-order valence-electron chi connectivity index (χ3n) is 4.87. The van der Waals surface area contributed by atoms with Crippen LogP contribution < -0.4 is 0 Å². The van der Waals surface area contributed by atoms with Crippen LogP contribution in [0.3, 0.4) is 0 Å². The lowest BCUT2D eigenvalue weighted by atomic mass is 9.99. The predicted octanol–water partition coefficient (Wildman–Crippen LogP) is 3.31. The number of rotatable bonds is 4. The van der Waals surface area contributed by atoms with Crippen LogP contribution in [0, 0.1) is 11.7 Å². The lowest BCUT2D eigenvalue weighted by molar-refractivity contribution is -0.129. The third-order valence-corrected chi connectivity index (χ3v) is 5.86. The molecule has 27 heavy (non-hydrogen) atoms. The van der Waals surface area contributed by atoms with Gasteiger partial charge in [0.15, 0.2) is 5.65 Å². The van der Waals surface area contributed by atoms with Gasteiger partial charge in [0.1, 0.15) is 17.2 Å². The van der Waals surface area contributed by atoms with Crippen LogP contribution >= 0.6 is 11.8 Å². The molecule has 0 radical (unpaired) electrons. The molecule has 3 aromatic rings. The minimum Gasteiger partial charge on any atom is -0.342 e. The highest BCUT2D eigenvalue weighted by atomic mass is 32.2. The summed E-state index contributed by atoms with van der Waals surface area (Å²) in [6, 6.07) is 6.07. The molecule has 0 atom stereocenters. The summed E-state index contributed by atoms with van der Waals surface area (Å²) in [5.74, 6) is 0.888. The molecular formula is C19H20FN5OS. The number of hydrogen-bond acceptors (Lipinski definition) is 5. The van der Waals surface area contributed by atoms with Crippen LogP contribution in [-0.4, -0.2) is 49.4 Å². The molecule has 0 aliphatic carbocycles. The van der Waals surface area contributed by atoms with E-state index >= 15 is 0 Å². The van der Waals surface area contributed by atoms with Crippen molar-refractivity contribution in [2.24, 2.45) is 5.92 Å². The maximum atomic E-state index is 13.2. The summed E-state index contributed by atoms with van der Waals surface area (Å²) >= 11 is 1.41. The number of halogens is 1. The molecule has 140 valence electrons. The Hall–Kier alpha value is -2.48. The zero-order chi connectivity index (χ0) is 18.8. The Bertz CT molecular complexity index is 950. The van der Waals surface area contributed by atoms with Crippen molar-refractivity contribution in [3.63, 3.8) is 0 Å². The summed E-state index contributed by atoms with van der Waals surface area (Å²) in [6.45, 7) is 3.90. The number of carbonyl (C=O) groups is 1. The summed E-state index contributed by atoms with van der Waals surface area (Å²) in [4.78, 5) is 23.1. The first-order valence-electron chi connectivity index (χ1n) is 8.97. The van der Waals surface area contributed by atoms with Gasteiger partial charge in [0, 0.05) is 13.1 Å². The second-order valence-electron chi connectivity index (χ2n) is 6.80. The number of thioether (sulfide) groups is 1. The zero-order valence-electron chi connectivity index (χ0n) is 15.0. The largest absolute Gasteiger partial charge is 0.342 e. The van der Waals surface area contributed by atoms with Crippen molar-refractivity contribution >= 4 is 28.7 Å². The van der Waals surface area contributed by atoms with E-state index in [9.17, 15) is 9.18 Å². The molecule has 4 rings (SSSR count). The molecule has 1 amide bonds. The molecule has 0 N–H and O–H groups in total. The van der Waals surface area contributed by atoms with Gasteiger partial charge < -0.3 is 4.90 Å². The number of fused-ring (bicyclic) bond motifs is 1. The van der Waals surface area contributed by atoms with Gasteiger partial charge >= 0.3 is 0 Å². The van der Waals surface area contributed by atoms with E-state index in [0.717, 1.165) is 42.0 Å². The topological polar surface area (TPSA) is 63.9 Å². The monoisotopic (exact) mass is 385 g/mol. The quantitative estimate of drug-likeness (QED) is 0.509. The van der Waals surface area contributed by atoms with Crippen LogP contribution in [0.15, 0.2) is 41.8 Å². The SMILES string of the molecule is CC1CCN(C(=O)CSc2ncnc3c2cnn3-c2ccc(F)cc2)CC1. The van der Waals surface area contributed by atoms with E-state index in [2.05, 4.69) is 22.0 Å². The Morgan fingerprint density at radius 2 is 1.96 bits per heavy atom. The molecule has 1 saturated heterocycles. The number of likely N-dealkylation sites (tertiary alicyclic amines) is 1. The molecule has 1 aliphatic heterocycles. The highest BCUT2D eigenvalue weighted by molar-refractivity contribution is 8.00. The average Bonchev–Trinajstić information content (AvgIpc) is 3.12. The van der Waals surface area contributed by atoms with Crippen LogP contribution in [0.1, 0.15) is 19.8 Å². The fourth-order valence-corrected chi connectivity index (χ4v) is 4.05. The summed E-state index contributed by atoms with van der Waals surface area (Å²) in [7, 11) is 0. The van der Waals surface area contributed by atoms with Crippen LogP contribution in [0.2, 0.25) is 0 Å². The van der Waals surface area contributed by atoms with Crippen molar-refractivity contribution in [2.45, 2.75) is 24.8 Å². The van der Waals surface area contributed by atoms with Crippen LogP contribution in [0.5, 0.6) is 0 Å². The van der Waals surface area contributed by atoms with E-state index in [0.29, 0.717) is 17.3 Å². The molecule has 0 saturated carbocycles. The van der Waals surface area contributed by atoms with Gasteiger partial charge in [0.05, 0.1) is 23.0 Å². The van der Waals surface area contributed by atoms with Gasteiger partial charge in [-0.15, -0.1) is 0 Å². The Morgan fingerprint density at radius 1 is 1.22 bits per heavy atom. The smallest absolute Gasteiger partial charge is 0.232 e. The van der Waals surface area contributed by atoms with Gasteiger partial charge in [-0.1, -0.05) is 18.7 Å². The molecule has 8 heteroatoms. The lowest BCUT2D eigenvalue weighted by Crippen LogP contribution is -2.38. The fourth-order valence-electron chi connectivity index (χ4n) is 3.19. The first-order valence-corrected chi connectivity index (χ1v) is 9.95. The molecule has 6 nitrogen and oxygen atoms in total. The van der Waals surface area contributed by atoms with Crippen molar-refractivity contribution in [1.29, 1.82) is 0 Å². The highest BCUT2D eigenvalue weighted by Crippen LogP contribution is 2.26. The Kier molecular flexibility index (Phi) is 5.07. The van der Waals surface area contributed by atoms with E-state index in [1.807, 2.05) is 4.90 Å². The van der Waals surface area contributed by atoms with Crippen LogP contribution in [0.25, 0.3) is 16.7 Å². The summed E-state index contributed by atoms with van der Waals surface area (Å²) in [5, 5.41) is 5.88. The van der Waals surface area contributed by atoms with Crippen molar-refractivity contribution < 1.29 is 9.18 Å². The van der Waals surface area contributed by atoms with Crippen molar-refractivity contribution in [1.82, 2.24) is 24.6 Å². The number of hydrogen-bond donors (Lipinski definition) is 0. The number of amides is 1. The Balaban J connectivity index is 1.51. The van der Waals surface area contributed by atoms with Gasteiger partial charge in [-0.3, -0.25) is 4.79 Å². The number of piperidine rings is 1. The molecule has 1 aromatic carbocycles. The van der Waals surface area contributed by atoms with Crippen molar-refractivity contribution in [3.8, 4) is 5.69 Å². The van der Waals surface area contributed by atoms with E-state index < -0.39 is 0 Å². The lowest BCUT2D eigenvalue weighted by Gasteiger charge is -2.30. The fraction of sp³-hybridized carbons (Fsp3) is 0.368. The molecule has 1 fully saturated rings. The molecule has 0 bridgehead atoms. The van der Waals surface area contributed by atoms with Crippen LogP contribution in [-0.2, 0) is 4.79 Å². The van der Waals surface area contributed by atoms with Gasteiger partial charge in [-0.2, -0.15) is 5.10 Å². The summed E-state index contributed by atoms with van der Waals surface area (Å²) in [5.41, 5.74) is 1.36. The van der Waals surface area contributed by atoms with E-state index in [1.165, 1.54) is 30.2 Å². The van der Waals surface area contributed by atoms with Gasteiger partial charge in [0.25, 0.3) is 0 Å². The number of aromatic nitrogens is 4. The van der Waals surface area contributed by atoms with Gasteiger partial charge in [0.2, 0.25) is 5.91 Å². The first-order chi connectivity index (χ1) is 13.1. The Labute approximate surface area is 160 Å². The average molecular weight is 385 g/mol. The van der Waals surface area contributed by atoms with Gasteiger partial charge in [-0.25, -0.2) is 19.0 Å². The summed E-state index contributed by atoms with van der Waals surface area (Å²) < 4.78 is 14.8. The Morgan fingerprint density at radius 3 is 2.70 bits per heavy atom. The molecule has 1 aliphatic rings. The normalized spacial score (nSPS) is 15.4. The molecule has 3 heterocycles. The molecular weight excluding hydrogens is 365 g/mol. The summed E-state index contributed by atoms with van der Waals surface area (Å²) in [6.07, 6.45) is 5.30. The van der Waals surface area contributed by atoms with Crippen molar-refractivity contribution in [3.05, 3.63) is 42.6 Å². The van der Waals surface area contributed by atoms with Crippen LogP contribution in [0.4, 0.5) is 4.39 Å². The highest BCUT2D eigenvalue weighted by Gasteiger charge is 2.21. The number of carbonyl (C=O) groups excluding carboxylic acids is 1. The molecule has 0 unspecified atom stereocenters. The van der Waals surface area contributed by atoms with E-state index in [1.54, 1.807) is 23.0 Å². The number of benzene rings is 1.